The Balaban J connectivity index is 2.25. The van der Waals surface area contributed by atoms with Crippen LogP contribution < -0.4 is 4.90 Å². The van der Waals surface area contributed by atoms with Crippen LogP contribution in [0.3, 0.4) is 0 Å². The monoisotopic (exact) mass is 416 g/mol. The molecule has 0 aromatic heterocycles. The number of carbonyl (C=O) groups is 3. The molecule has 2 amide bonds. The van der Waals surface area contributed by atoms with E-state index < -0.39 is 0 Å². The number of carbonyl (C=O) groups excluding carboxylic acids is 3. The fourth-order valence-electron chi connectivity index (χ4n) is 2.26. The van der Waals surface area contributed by atoms with Crippen LogP contribution in [0.25, 0.3) is 0 Å². The highest BCUT2D eigenvalue weighted by molar-refractivity contribution is 14.1. The largest absolute Gasteiger partial charge is 0.466 e. The third kappa shape index (κ3) is 3.57. The number of likely N-dealkylation sites (N-methyl/N-ethyl adjacent to an activating group) is 1. The molecule has 1 aromatic carbocycles. The maximum atomic E-state index is 12.6. The summed E-state index contributed by atoms with van der Waals surface area (Å²) in [5.41, 5.74) is 1.07. The average Bonchev–Trinajstić information content (AvgIpc) is 2.57. The van der Waals surface area contributed by atoms with Crippen LogP contribution in [0.15, 0.2) is 18.2 Å². The molecule has 7 heteroatoms. The van der Waals surface area contributed by atoms with Crippen molar-refractivity contribution < 1.29 is 19.1 Å². The molecule has 0 fully saturated rings. The van der Waals surface area contributed by atoms with Crippen LogP contribution in [-0.4, -0.2) is 49.4 Å². The molecule has 22 heavy (non-hydrogen) atoms. The predicted octanol–water partition coefficient (Wildman–Crippen LogP) is 1.66. The molecule has 0 unspecified atom stereocenters. The van der Waals surface area contributed by atoms with Gasteiger partial charge in [-0.2, -0.15) is 0 Å². The van der Waals surface area contributed by atoms with Crippen LogP contribution in [0.5, 0.6) is 0 Å². The molecule has 1 aliphatic rings. The van der Waals surface area contributed by atoms with E-state index in [9.17, 15) is 14.4 Å². The molecular formula is C15H17IN2O4. The number of anilines is 1. The van der Waals surface area contributed by atoms with Crippen LogP contribution in [0.1, 0.15) is 23.7 Å². The number of amides is 2. The standard InChI is InChI=1S/C15H17IN2O4/c1-3-22-14(20)6-7-18-9-13(19)17(2)12-5-4-10(16)8-11(12)15(18)21/h4-5,8H,3,6-7,9H2,1-2H3. The van der Waals surface area contributed by atoms with Crippen molar-refractivity contribution >= 4 is 46.1 Å². The number of benzene rings is 1. The molecular weight excluding hydrogens is 399 g/mol. The smallest absolute Gasteiger partial charge is 0.307 e. The summed E-state index contributed by atoms with van der Waals surface area (Å²) in [4.78, 5) is 39.2. The second-order valence-electron chi connectivity index (χ2n) is 4.90. The van der Waals surface area contributed by atoms with E-state index in [1.807, 2.05) is 6.07 Å². The lowest BCUT2D eigenvalue weighted by Crippen LogP contribution is -2.39. The van der Waals surface area contributed by atoms with Crippen molar-refractivity contribution in [3.8, 4) is 0 Å². The van der Waals surface area contributed by atoms with E-state index in [1.165, 1.54) is 9.80 Å². The van der Waals surface area contributed by atoms with Gasteiger partial charge in [0.15, 0.2) is 0 Å². The highest BCUT2D eigenvalue weighted by Gasteiger charge is 2.30. The van der Waals surface area contributed by atoms with E-state index in [4.69, 9.17) is 4.74 Å². The van der Waals surface area contributed by atoms with Crippen molar-refractivity contribution in [2.24, 2.45) is 0 Å². The fourth-order valence-corrected chi connectivity index (χ4v) is 2.75. The van der Waals surface area contributed by atoms with E-state index in [0.717, 1.165) is 3.57 Å². The number of ether oxygens (including phenoxy) is 1. The molecule has 0 radical (unpaired) electrons. The fraction of sp³-hybridized carbons (Fsp3) is 0.400. The summed E-state index contributed by atoms with van der Waals surface area (Å²) in [7, 11) is 1.65. The quantitative estimate of drug-likeness (QED) is 0.553. The first-order valence-electron chi connectivity index (χ1n) is 6.95. The lowest BCUT2D eigenvalue weighted by atomic mass is 10.1. The third-order valence-electron chi connectivity index (χ3n) is 3.43. The van der Waals surface area contributed by atoms with Crippen molar-refractivity contribution in [3.63, 3.8) is 0 Å². The third-order valence-corrected chi connectivity index (χ3v) is 4.10. The summed E-state index contributed by atoms with van der Waals surface area (Å²) in [5.74, 6) is -0.795. The van der Waals surface area contributed by atoms with Gasteiger partial charge in [-0.15, -0.1) is 0 Å². The summed E-state index contributed by atoms with van der Waals surface area (Å²) in [5, 5.41) is 0. The van der Waals surface area contributed by atoms with Gasteiger partial charge >= 0.3 is 5.97 Å². The van der Waals surface area contributed by atoms with Gasteiger partial charge in [0, 0.05) is 17.2 Å². The minimum atomic E-state index is -0.372. The van der Waals surface area contributed by atoms with Crippen LogP contribution in [-0.2, 0) is 14.3 Å². The second kappa shape index (κ2) is 7.08. The zero-order valence-corrected chi connectivity index (χ0v) is 14.6. The summed E-state index contributed by atoms with van der Waals surface area (Å²) in [6, 6.07) is 5.37. The first kappa shape index (κ1) is 16.7. The first-order chi connectivity index (χ1) is 10.4. The first-order valence-corrected chi connectivity index (χ1v) is 8.03. The van der Waals surface area contributed by atoms with Gasteiger partial charge in [-0.25, -0.2) is 0 Å². The average molecular weight is 416 g/mol. The number of rotatable bonds is 4. The molecule has 118 valence electrons. The lowest BCUT2D eigenvalue weighted by molar-refractivity contribution is -0.143. The van der Waals surface area contributed by atoms with E-state index in [2.05, 4.69) is 22.6 Å². The van der Waals surface area contributed by atoms with Gasteiger partial charge in [0.25, 0.3) is 5.91 Å². The van der Waals surface area contributed by atoms with Gasteiger partial charge in [0.1, 0.15) is 6.54 Å². The number of hydrogen-bond acceptors (Lipinski definition) is 4. The minimum absolute atomic E-state index is 0.0417. The molecule has 0 N–H and O–H groups in total. The summed E-state index contributed by atoms with van der Waals surface area (Å²) >= 11 is 2.12. The maximum absolute atomic E-state index is 12.6. The predicted molar refractivity (Wildman–Crippen MR) is 89.7 cm³/mol. The van der Waals surface area contributed by atoms with E-state index >= 15 is 0 Å². The van der Waals surface area contributed by atoms with Gasteiger partial charge < -0.3 is 14.5 Å². The highest BCUT2D eigenvalue weighted by Crippen LogP contribution is 2.26. The normalized spacial score (nSPS) is 14.7. The Hall–Kier alpha value is -1.64. The second-order valence-corrected chi connectivity index (χ2v) is 6.14. The topological polar surface area (TPSA) is 66.9 Å². The maximum Gasteiger partial charge on any atom is 0.307 e. The van der Waals surface area contributed by atoms with Crippen molar-refractivity contribution in [3.05, 3.63) is 27.3 Å². The van der Waals surface area contributed by atoms with Gasteiger partial charge in [-0.05, 0) is 47.7 Å². The van der Waals surface area contributed by atoms with E-state index in [-0.39, 0.29) is 37.3 Å². The summed E-state index contributed by atoms with van der Waals surface area (Å²) in [6.07, 6.45) is 0.0792. The summed E-state index contributed by atoms with van der Waals surface area (Å²) < 4.78 is 5.78. The molecule has 0 saturated heterocycles. The molecule has 0 saturated carbocycles. The number of halogens is 1. The SMILES string of the molecule is CCOC(=O)CCN1CC(=O)N(C)c2ccc(I)cc2C1=O. The molecule has 1 aromatic rings. The summed E-state index contributed by atoms with van der Waals surface area (Å²) in [6.45, 7) is 2.16. The Labute approximate surface area is 142 Å². The van der Waals surface area contributed by atoms with Crippen molar-refractivity contribution in [1.82, 2.24) is 4.90 Å². The molecule has 1 aliphatic heterocycles. The van der Waals surface area contributed by atoms with Crippen LogP contribution in [0, 0.1) is 3.57 Å². The Morgan fingerprint density at radius 3 is 2.77 bits per heavy atom. The van der Waals surface area contributed by atoms with E-state index in [1.54, 1.807) is 26.1 Å². The van der Waals surface area contributed by atoms with Crippen LogP contribution >= 0.6 is 22.6 Å². The van der Waals surface area contributed by atoms with Crippen LogP contribution in [0.2, 0.25) is 0 Å². The van der Waals surface area contributed by atoms with Gasteiger partial charge in [-0.1, -0.05) is 0 Å². The molecule has 0 atom stereocenters. The number of nitrogens with zero attached hydrogens (tertiary/aromatic N) is 2. The van der Waals surface area contributed by atoms with Crippen molar-refractivity contribution in [1.29, 1.82) is 0 Å². The van der Waals surface area contributed by atoms with Crippen LogP contribution in [0.4, 0.5) is 5.69 Å². The van der Waals surface area contributed by atoms with Gasteiger partial charge in [-0.3, -0.25) is 14.4 Å². The molecule has 0 bridgehead atoms. The highest BCUT2D eigenvalue weighted by atomic mass is 127. The minimum Gasteiger partial charge on any atom is -0.466 e. The molecule has 6 nitrogen and oxygen atoms in total. The number of hydrogen-bond donors (Lipinski definition) is 0. The van der Waals surface area contributed by atoms with Gasteiger partial charge in [0.05, 0.1) is 24.3 Å². The Kier molecular flexibility index (Phi) is 5.38. The Morgan fingerprint density at radius 1 is 1.36 bits per heavy atom. The number of esters is 1. The zero-order chi connectivity index (χ0) is 16.3. The number of fused-ring (bicyclic) bond motifs is 1. The molecule has 1 heterocycles. The molecule has 2 rings (SSSR count). The zero-order valence-electron chi connectivity index (χ0n) is 12.5. The lowest BCUT2D eigenvalue weighted by Gasteiger charge is -2.19. The van der Waals surface area contributed by atoms with E-state index in [0.29, 0.717) is 17.9 Å². The van der Waals surface area contributed by atoms with Crippen molar-refractivity contribution in [2.45, 2.75) is 13.3 Å². The Bertz CT molecular complexity index is 618. The Morgan fingerprint density at radius 2 is 2.09 bits per heavy atom. The van der Waals surface area contributed by atoms with Gasteiger partial charge in [0.2, 0.25) is 5.91 Å². The molecule has 0 spiro atoms. The molecule has 0 aliphatic carbocycles. The van der Waals surface area contributed by atoms with Crippen molar-refractivity contribution in [2.75, 3.05) is 31.6 Å².